The molecule has 1 rings (SSSR count). The summed E-state index contributed by atoms with van der Waals surface area (Å²) in [5.41, 5.74) is 2.92. The molecule has 3 nitrogen and oxygen atoms in total. The van der Waals surface area contributed by atoms with Gasteiger partial charge in [-0.2, -0.15) is 0 Å². The van der Waals surface area contributed by atoms with E-state index in [-0.39, 0.29) is 12.5 Å². The van der Waals surface area contributed by atoms with Crippen LogP contribution in [0.5, 0.6) is 0 Å². The molecular weight excluding hydrogens is 226 g/mol. The fourth-order valence-electron chi connectivity index (χ4n) is 1.91. The molecule has 1 unspecified atom stereocenters. The van der Waals surface area contributed by atoms with Crippen LogP contribution >= 0.6 is 0 Å². The zero-order valence-electron chi connectivity index (χ0n) is 11.5. The summed E-state index contributed by atoms with van der Waals surface area (Å²) in [4.78, 5) is 11.9. The van der Waals surface area contributed by atoms with Crippen molar-refractivity contribution in [2.75, 3.05) is 13.2 Å². The number of aryl methyl sites for hydroxylation is 2. The SMILES string of the molecule is Cc1ccc(C(=O)NCCCC(C)CO)c(C)c1. The van der Waals surface area contributed by atoms with Gasteiger partial charge >= 0.3 is 0 Å². The summed E-state index contributed by atoms with van der Waals surface area (Å²) in [7, 11) is 0. The van der Waals surface area contributed by atoms with Crippen LogP contribution in [0.2, 0.25) is 0 Å². The van der Waals surface area contributed by atoms with Gasteiger partial charge in [-0.1, -0.05) is 24.6 Å². The molecule has 1 atom stereocenters. The van der Waals surface area contributed by atoms with Gasteiger partial charge in [-0.3, -0.25) is 4.79 Å². The van der Waals surface area contributed by atoms with Crippen molar-refractivity contribution in [1.82, 2.24) is 5.32 Å². The van der Waals surface area contributed by atoms with Gasteiger partial charge in [-0.25, -0.2) is 0 Å². The third kappa shape index (κ3) is 4.49. The maximum absolute atomic E-state index is 11.9. The summed E-state index contributed by atoms with van der Waals surface area (Å²) in [6, 6.07) is 5.84. The van der Waals surface area contributed by atoms with Crippen LogP contribution < -0.4 is 5.32 Å². The highest BCUT2D eigenvalue weighted by molar-refractivity contribution is 5.95. The Morgan fingerprint density at radius 1 is 1.39 bits per heavy atom. The highest BCUT2D eigenvalue weighted by Crippen LogP contribution is 2.10. The molecule has 0 heterocycles. The van der Waals surface area contributed by atoms with E-state index in [0.29, 0.717) is 12.5 Å². The molecule has 0 spiro atoms. The first-order chi connectivity index (χ1) is 8.54. The van der Waals surface area contributed by atoms with Crippen molar-refractivity contribution in [1.29, 1.82) is 0 Å². The van der Waals surface area contributed by atoms with Crippen molar-refractivity contribution in [2.45, 2.75) is 33.6 Å². The zero-order chi connectivity index (χ0) is 13.5. The van der Waals surface area contributed by atoms with E-state index in [1.807, 2.05) is 39.0 Å². The average Bonchev–Trinajstić information content (AvgIpc) is 2.34. The van der Waals surface area contributed by atoms with Crippen LogP contribution in [0.25, 0.3) is 0 Å². The number of aliphatic hydroxyl groups excluding tert-OH is 1. The predicted octanol–water partition coefficient (Wildman–Crippen LogP) is 2.44. The quantitative estimate of drug-likeness (QED) is 0.761. The molecular formula is C15H23NO2. The first kappa shape index (κ1) is 14.7. The lowest BCUT2D eigenvalue weighted by Gasteiger charge is -2.10. The number of benzene rings is 1. The molecule has 1 amide bonds. The van der Waals surface area contributed by atoms with Gasteiger partial charge in [-0.05, 0) is 44.2 Å². The third-order valence-electron chi connectivity index (χ3n) is 3.10. The summed E-state index contributed by atoms with van der Waals surface area (Å²) >= 11 is 0. The van der Waals surface area contributed by atoms with E-state index in [4.69, 9.17) is 5.11 Å². The molecule has 0 aliphatic rings. The molecule has 18 heavy (non-hydrogen) atoms. The fraction of sp³-hybridized carbons (Fsp3) is 0.533. The van der Waals surface area contributed by atoms with E-state index in [2.05, 4.69) is 5.32 Å². The molecule has 0 saturated heterocycles. The summed E-state index contributed by atoms with van der Waals surface area (Å²) in [6.45, 7) is 6.86. The van der Waals surface area contributed by atoms with Crippen molar-refractivity contribution in [3.05, 3.63) is 34.9 Å². The van der Waals surface area contributed by atoms with Crippen LogP contribution in [0, 0.1) is 19.8 Å². The molecule has 2 N–H and O–H groups in total. The van der Waals surface area contributed by atoms with Gasteiger partial charge in [0.15, 0.2) is 0 Å². The average molecular weight is 249 g/mol. The van der Waals surface area contributed by atoms with E-state index in [1.54, 1.807) is 0 Å². The number of aliphatic hydroxyl groups is 1. The smallest absolute Gasteiger partial charge is 0.251 e. The Balaban J connectivity index is 2.41. The van der Waals surface area contributed by atoms with E-state index in [1.165, 1.54) is 5.56 Å². The number of carbonyl (C=O) groups excluding carboxylic acids is 1. The monoisotopic (exact) mass is 249 g/mol. The Bertz CT molecular complexity index is 401. The van der Waals surface area contributed by atoms with Crippen LogP contribution in [0.3, 0.4) is 0 Å². The largest absolute Gasteiger partial charge is 0.396 e. The topological polar surface area (TPSA) is 49.3 Å². The van der Waals surface area contributed by atoms with Crippen LogP contribution in [0.4, 0.5) is 0 Å². The Hall–Kier alpha value is -1.35. The molecule has 1 aromatic rings. The van der Waals surface area contributed by atoms with Gasteiger partial charge in [0.25, 0.3) is 5.91 Å². The van der Waals surface area contributed by atoms with E-state index < -0.39 is 0 Å². The molecule has 100 valence electrons. The number of carbonyl (C=O) groups is 1. The van der Waals surface area contributed by atoms with E-state index in [0.717, 1.165) is 24.0 Å². The first-order valence-electron chi connectivity index (χ1n) is 6.51. The fourth-order valence-corrected chi connectivity index (χ4v) is 1.91. The highest BCUT2D eigenvalue weighted by Gasteiger charge is 2.08. The van der Waals surface area contributed by atoms with Crippen LogP contribution in [0.1, 0.15) is 41.3 Å². The van der Waals surface area contributed by atoms with Crippen molar-refractivity contribution in [3.63, 3.8) is 0 Å². The molecule has 0 aliphatic heterocycles. The van der Waals surface area contributed by atoms with Crippen molar-refractivity contribution < 1.29 is 9.90 Å². The first-order valence-corrected chi connectivity index (χ1v) is 6.51. The second-order valence-corrected chi connectivity index (χ2v) is 5.00. The zero-order valence-corrected chi connectivity index (χ0v) is 11.5. The minimum Gasteiger partial charge on any atom is -0.396 e. The molecule has 1 aromatic carbocycles. The third-order valence-corrected chi connectivity index (χ3v) is 3.10. The van der Waals surface area contributed by atoms with Gasteiger partial charge in [0.1, 0.15) is 0 Å². The van der Waals surface area contributed by atoms with Crippen molar-refractivity contribution in [2.24, 2.45) is 5.92 Å². The maximum Gasteiger partial charge on any atom is 0.251 e. The maximum atomic E-state index is 11.9. The lowest BCUT2D eigenvalue weighted by atomic mass is 10.0. The summed E-state index contributed by atoms with van der Waals surface area (Å²) in [5.74, 6) is 0.298. The molecule has 0 saturated carbocycles. The number of amides is 1. The van der Waals surface area contributed by atoms with Crippen LogP contribution in [-0.4, -0.2) is 24.2 Å². The predicted molar refractivity (Wildman–Crippen MR) is 73.7 cm³/mol. The lowest BCUT2D eigenvalue weighted by molar-refractivity contribution is 0.0951. The van der Waals surface area contributed by atoms with Crippen LogP contribution in [0.15, 0.2) is 18.2 Å². The van der Waals surface area contributed by atoms with E-state index >= 15 is 0 Å². The van der Waals surface area contributed by atoms with Gasteiger partial charge < -0.3 is 10.4 Å². The Morgan fingerprint density at radius 3 is 2.72 bits per heavy atom. The molecule has 0 fully saturated rings. The Kier molecular flexibility index (Phi) is 5.86. The molecule has 0 aromatic heterocycles. The van der Waals surface area contributed by atoms with Crippen LogP contribution in [-0.2, 0) is 0 Å². The van der Waals surface area contributed by atoms with E-state index in [9.17, 15) is 4.79 Å². The normalized spacial score (nSPS) is 12.2. The number of nitrogens with one attached hydrogen (secondary N) is 1. The molecule has 3 heteroatoms. The van der Waals surface area contributed by atoms with Gasteiger partial charge in [0.2, 0.25) is 0 Å². The number of hydrogen-bond acceptors (Lipinski definition) is 2. The highest BCUT2D eigenvalue weighted by atomic mass is 16.3. The minimum absolute atomic E-state index is 0.0100. The van der Waals surface area contributed by atoms with Gasteiger partial charge in [0.05, 0.1) is 0 Å². The number of rotatable bonds is 6. The second kappa shape index (κ2) is 7.17. The Labute approximate surface area is 109 Å². The second-order valence-electron chi connectivity index (χ2n) is 5.00. The van der Waals surface area contributed by atoms with Crippen molar-refractivity contribution in [3.8, 4) is 0 Å². The number of hydrogen-bond donors (Lipinski definition) is 2. The molecule has 0 radical (unpaired) electrons. The Morgan fingerprint density at radius 2 is 2.11 bits per heavy atom. The van der Waals surface area contributed by atoms with Gasteiger partial charge in [0, 0.05) is 18.7 Å². The molecule has 0 aliphatic carbocycles. The summed E-state index contributed by atoms with van der Waals surface area (Å²) in [5, 5.41) is 11.8. The summed E-state index contributed by atoms with van der Waals surface area (Å²) in [6.07, 6.45) is 1.84. The minimum atomic E-state index is -0.0100. The summed E-state index contributed by atoms with van der Waals surface area (Å²) < 4.78 is 0. The standard InChI is InChI=1S/C15H23NO2/c1-11-6-7-14(13(3)9-11)15(18)16-8-4-5-12(2)10-17/h6-7,9,12,17H,4-5,8,10H2,1-3H3,(H,16,18). The van der Waals surface area contributed by atoms with Gasteiger partial charge in [-0.15, -0.1) is 0 Å². The lowest BCUT2D eigenvalue weighted by Crippen LogP contribution is -2.25. The van der Waals surface area contributed by atoms with Crippen molar-refractivity contribution >= 4 is 5.91 Å². The molecule has 0 bridgehead atoms.